The summed E-state index contributed by atoms with van der Waals surface area (Å²) in [4.78, 5) is 10.6. The van der Waals surface area contributed by atoms with Crippen LogP contribution in [0.1, 0.15) is 38.4 Å². The largest absolute Gasteiger partial charge is 1.00 e. The summed E-state index contributed by atoms with van der Waals surface area (Å²) < 4.78 is 2.19. The van der Waals surface area contributed by atoms with Crippen molar-refractivity contribution in [1.29, 1.82) is 0 Å². The minimum absolute atomic E-state index is 0. The number of benzene rings is 2. The van der Waals surface area contributed by atoms with Gasteiger partial charge in [-0.1, -0.05) is 48.0 Å². The molecule has 2 atom stereocenters. The molecular formula is C24H25ClNNaO4. The van der Waals surface area contributed by atoms with Gasteiger partial charge in [0, 0.05) is 52.0 Å². The van der Waals surface area contributed by atoms with E-state index in [1.165, 1.54) is 0 Å². The molecule has 2 N–H and O–H groups in total. The molecule has 7 heteroatoms. The van der Waals surface area contributed by atoms with E-state index in [-0.39, 0.29) is 42.0 Å². The van der Waals surface area contributed by atoms with Crippen molar-refractivity contribution >= 4 is 34.5 Å². The van der Waals surface area contributed by atoms with Crippen molar-refractivity contribution in [3.63, 3.8) is 0 Å². The third kappa shape index (κ3) is 6.22. The molecule has 0 aliphatic rings. The predicted molar refractivity (Wildman–Crippen MR) is 118 cm³/mol. The Kier molecular flexibility index (Phi) is 9.37. The number of aromatic nitrogens is 1. The number of carboxylic acids is 1. The Morgan fingerprint density at radius 3 is 2.39 bits per heavy atom. The van der Waals surface area contributed by atoms with Crippen LogP contribution < -0.4 is 34.7 Å². The van der Waals surface area contributed by atoms with Crippen molar-refractivity contribution in [2.75, 3.05) is 0 Å². The summed E-state index contributed by atoms with van der Waals surface area (Å²) in [5.41, 5.74) is 4.02. The van der Waals surface area contributed by atoms with Gasteiger partial charge < -0.3 is 24.7 Å². The van der Waals surface area contributed by atoms with Gasteiger partial charge in [0.05, 0.1) is 12.2 Å². The normalized spacial score (nSPS) is 13.5. The fourth-order valence-corrected chi connectivity index (χ4v) is 3.88. The SMILES string of the molecule is CC(C)n1c(/C=C/[C@H](O)C[C@H](O)CC(=O)[O-])c(-c2ccc(Cl)cc2)c2ccccc21.[Na+]. The molecule has 0 aliphatic heterocycles. The summed E-state index contributed by atoms with van der Waals surface area (Å²) >= 11 is 6.08. The molecule has 5 nitrogen and oxygen atoms in total. The first-order valence-corrected chi connectivity index (χ1v) is 10.3. The van der Waals surface area contributed by atoms with Gasteiger partial charge in [0.25, 0.3) is 0 Å². The molecule has 0 spiro atoms. The average Bonchev–Trinajstić information content (AvgIpc) is 3.00. The minimum atomic E-state index is -1.34. The second kappa shape index (κ2) is 11.3. The zero-order valence-corrected chi connectivity index (χ0v) is 20.7. The molecule has 158 valence electrons. The molecule has 3 aromatic rings. The molecule has 1 aromatic heterocycles. The van der Waals surface area contributed by atoms with Gasteiger partial charge in [0.2, 0.25) is 0 Å². The molecule has 0 amide bonds. The smallest absolute Gasteiger partial charge is 0.550 e. The first-order chi connectivity index (χ1) is 14.3. The van der Waals surface area contributed by atoms with Crippen LogP contribution >= 0.6 is 11.6 Å². The summed E-state index contributed by atoms with van der Waals surface area (Å²) in [6, 6.07) is 15.9. The van der Waals surface area contributed by atoms with Crippen LogP contribution in [0.2, 0.25) is 5.02 Å². The van der Waals surface area contributed by atoms with Crippen LogP contribution in [-0.4, -0.2) is 33.0 Å². The van der Waals surface area contributed by atoms with Gasteiger partial charge in [-0.3, -0.25) is 0 Å². The van der Waals surface area contributed by atoms with Gasteiger partial charge in [0.1, 0.15) is 0 Å². The van der Waals surface area contributed by atoms with Crippen LogP contribution in [0, 0.1) is 0 Å². The quantitative estimate of drug-likeness (QED) is 0.498. The van der Waals surface area contributed by atoms with E-state index >= 15 is 0 Å². The molecule has 0 unspecified atom stereocenters. The maximum Gasteiger partial charge on any atom is 1.00 e. The standard InChI is InChI=1S/C24H26ClNO4.Na/c1-15(2)26-21-6-4-3-5-20(21)24(16-7-9-17(25)10-8-16)22(26)12-11-18(27)13-19(28)14-23(29)30;/h3-12,15,18-19,27-28H,13-14H2,1-2H3,(H,29,30);/q;+1/p-1/b12-11+;/t18-,19-;/m0./s1. The zero-order chi connectivity index (χ0) is 21.8. The molecule has 31 heavy (non-hydrogen) atoms. The molecule has 3 rings (SSSR count). The van der Waals surface area contributed by atoms with Crippen LogP contribution in [0.5, 0.6) is 0 Å². The number of fused-ring (bicyclic) bond motifs is 1. The average molecular weight is 450 g/mol. The number of aliphatic hydroxyl groups excluding tert-OH is 2. The number of halogens is 1. The van der Waals surface area contributed by atoms with E-state index in [0.717, 1.165) is 27.7 Å². The number of aliphatic carboxylic acids is 1. The number of hydrogen-bond acceptors (Lipinski definition) is 4. The number of aliphatic hydroxyl groups is 2. The molecule has 0 aliphatic carbocycles. The van der Waals surface area contributed by atoms with Crippen LogP contribution in [0.25, 0.3) is 28.1 Å². The van der Waals surface area contributed by atoms with Gasteiger partial charge in [0.15, 0.2) is 0 Å². The van der Waals surface area contributed by atoms with Gasteiger partial charge >= 0.3 is 29.6 Å². The summed E-state index contributed by atoms with van der Waals surface area (Å²) in [6.07, 6.45) is 0.679. The Hall–Kier alpha value is -1.60. The van der Waals surface area contributed by atoms with Crippen molar-refractivity contribution in [3.05, 3.63) is 65.3 Å². The Bertz CT molecular complexity index is 1060. The summed E-state index contributed by atoms with van der Waals surface area (Å²) in [6.45, 7) is 4.19. The zero-order valence-electron chi connectivity index (χ0n) is 18.0. The van der Waals surface area contributed by atoms with E-state index in [0.29, 0.717) is 5.02 Å². The number of para-hydroxylation sites is 1. The van der Waals surface area contributed by atoms with Crippen molar-refractivity contribution < 1.29 is 49.7 Å². The number of carbonyl (C=O) groups excluding carboxylic acids is 1. The summed E-state index contributed by atoms with van der Waals surface area (Å²) in [5, 5.41) is 32.4. The van der Waals surface area contributed by atoms with Crippen molar-refractivity contribution in [1.82, 2.24) is 4.57 Å². The predicted octanol–water partition coefficient (Wildman–Crippen LogP) is 0.812. The van der Waals surface area contributed by atoms with E-state index < -0.39 is 24.6 Å². The maximum atomic E-state index is 10.6. The molecule has 2 aromatic carbocycles. The van der Waals surface area contributed by atoms with Crippen LogP contribution in [0.15, 0.2) is 54.6 Å². The van der Waals surface area contributed by atoms with Crippen LogP contribution in [0.3, 0.4) is 0 Å². The van der Waals surface area contributed by atoms with Crippen LogP contribution in [0.4, 0.5) is 0 Å². The number of hydrogen-bond donors (Lipinski definition) is 2. The third-order valence-electron chi connectivity index (χ3n) is 4.99. The number of carboxylic acid groups (broad SMARTS) is 1. The minimum Gasteiger partial charge on any atom is -0.550 e. The molecule has 0 radical (unpaired) electrons. The number of carbonyl (C=O) groups is 1. The van der Waals surface area contributed by atoms with Gasteiger partial charge in [-0.2, -0.15) is 0 Å². The van der Waals surface area contributed by atoms with E-state index in [9.17, 15) is 20.1 Å². The second-order valence-corrected chi connectivity index (χ2v) is 8.08. The Balaban J connectivity index is 0.00000341. The Morgan fingerprint density at radius 2 is 1.77 bits per heavy atom. The second-order valence-electron chi connectivity index (χ2n) is 7.64. The van der Waals surface area contributed by atoms with Crippen molar-refractivity contribution in [3.8, 4) is 11.1 Å². The van der Waals surface area contributed by atoms with E-state index in [4.69, 9.17) is 11.6 Å². The first-order valence-electron chi connectivity index (χ1n) is 9.91. The molecule has 1 heterocycles. The monoisotopic (exact) mass is 449 g/mol. The Labute approximate surface area is 209 Å². The molecule has 0 bridgehead atoms. The topological polar surface area (TPSA) is 85.5 Å². The van der Waals surface area contributed by atoms with Gasteiger partial charge in [-0.15, -0.1) is 0 Å². The summed E-state index contributed by atoms with van der Waals surface area (Å²) in [7, 11) is 0. The van der Waals surface area contributed by atoms with E-state index in [2.05, 4.69) is 30.5 Å². The Morgan fingerprint density at radius 1 is 1.13 bits per heavy atom. The van der Waals surface area contributed by atoms with E-state index in [1.807, 2.05) is 42.5 Å². The van der Waals surface area contributed by atoms with Crippen molar-refractivity contribution in [2.45, 2.75) is 44.9 Å². The van der Waals surface area contributed by atoms with Gasteiger partial charge in [-0.25, -0.2) is 0 Å². The van der Waals surface area contributed by atoms with Crippen molar-refractivity contribution in [2.24, 2.45) is 0 Å². The fraction of sp³-hybridized carbons (Fsp3) is 0.292. The molecular weight excluding hydrogens is 425 g/mol. The maximum absolute atomic E-state index is 10.6. The fourth-order valence-electron chi connectivity index (χ4n) is 3.76. The van der Waals surface area contributed by atoms with E-state index in [1.54, 1.807) is 6.08 Å². The molecule has 0 fully saturated rings. The molecule has 0 saturated carbocycles. The van der Waals surface area contributed by atoms with Gasteiger partial charge in [-0.05, 0) is 43.7 Å². The number of nitrogens with zero attached hydrogens (tertiary/aromatic N) is 1. The summed E-state index contributed by atoms with van der Waals surface area (Å²) in [5.74, 6) is -1.34. The third-order valence-corrected chi connectivity index (χ3v) is 5.24. The number of rotatable bonds is 8. The van der Waals surface area contributed by atoms with Crippen LogP contribution in [-0.2, 0) is 4.79 Å². The molecule has 0 saturated heterocycles. The first kappa shape index (κ1) is 25.7.